The van der Waals surface area contributed by atoms with E-state index in [0.717, 1.165) is 28.3 Å². The Morgan fingerprint density at radius 3 is 1.92 bits per heavy atom. The van der Waals surface area contributed by atoms with E-state index in [1.54, 1.807) is 0 Å². The lowest BCUT2D eigenvalue weighted by Crippen LogP contribution is -2.61. The van der Waals surface area contributed by atoms with Crippen molar-refractivity contribution in [2.24, 2.45) is 0 Å². The number of hydrogen-bond acceptors (Lipinski definition) is 1. The summed E-state index contributed by atoms with van der Waals surface area (Å²) in [5.74, 6) is -0.827. The summed E-state index contributed by atoms with van der Waals surface area (Å²) in [6, 6.07) is 85.0. The van der Waals surface area contributed by atoms with Crippen LogP contribution in [0, 0.1) is 0 Å². The second-order valence-electron chi connectivity index (χ2n) is 23.1. The number of nitrogens with zero attached hydrogens (tertiary/aromatic N) is 3. The van der Waals surface area contributed by atoms with Crippen LogP contribution in [-0.2, 0) is 5.41 Å². The summed E-state index contributed by atoms with van der Waals surface area (Å²) < 4.78 is 14.8. The van der Waals surface area contributed by atoms with Gasteiger partial charge in [-0.1, -0.05) is 191 Å². The largest absolute Gasteiger partial charge is 0.311 e. The summed E-state index contributed by atoms with van der Waals surface area (Å²) in [7, 11) is 0. The lowest BCUT2D eigenvalue weighted by atomic mass is 9.32. The maximum absolute atomic E-state index is 9.59. The fourth-order valence-corrected chi connectivity index (χ4v) is 15.3. The zero-order chi connectivity index (χ0) is 52.4. The summed E-state index contributed by atoms with van der Waals surface area (Å²) in [5, 5.41) is 10.2. The van der Waals surface area contributed by atoms with Crippen molar-refractivity contribution in [3.05, 3.63) is 241 Å². The molecule has 0 saturated carbocycles. The number of benzene rings is 12. The summed E-state index contributed by atoms with van der Waals surface area (Å²) in [6.07, 6.45) is 0. The molecule has 4 aliphatic rings. The second kappa shape index (κ2) is 15.0. The van der Waals surface area contributed by atoms with E-state index in [2.05, 4.69) is 252 Å². The zero-order valence-electron chi connectivity index (χ0n) is 44.8. The molecule has 0 N–H and O–H groups in total. The zero-order valence-corrected chi connectivity index (χ0v) is 43.8. The number of aromatic nitrogens is 2. The Kier molecular flexibility index (Phi) is 8.02. The van der Waals surface area contributed by atoms with Gasteiger partial charge in [0.1, 0.15) is 0 Å². The highest BCUT2D eigenvalue weighted by Gasteiger charge is 2.48. The third kappa shape index (κ3) is 5.30. The summed E-state index contributed by atoms with van der Waals surface area (Å²) in [4.78, 5) is 2.54. The number of hydrogen-bond donors (Lipinski definition) is 0. The smallest absolute Gasteiger partial charge is 0.253 e. The quantitative estimate of drug-likeness (QED) is 0.160. The van der Waals surface area contributed by atoms with Gasteiger partial charge in [-0.3, -0.25) is 0 Å². The first-order chi connectivity index (χ1) is 38.6. The molecule has 0 atom stereocenters. The third-order valence-electron chi connectivity index (χ3n) is 18.6. The van der Waals surface area contributed by atoms with Crippen molar-refractivity contribution in [3.63, 3.8) is 0 Å². The standard InChI is InChI=1S/C74H50BN3/c1-42(2)45-32-35-62-60(38-45)75-71-65(76(62)47-20-6-5-7-21-47)39-48(77-63-30-16-28-54-52-24-11-10-23-51(52)53-27-15-19-44-31-36-64(77)70(67(44)53)69(54)63)40-66(71)78-61-34-33-46(50-26-14-18-43-17-8-9-22-49(43)50)37-56(61)57-41-59-68(72(75)73(57)78)55-25-12-13-29-58(55)74(59,3)4/h5-42H,1-4H3/i42D. The van der Waals surface area contributed by atoms with E-state index >= 15 is 0 Å². The van der Waals surface area contributed by atoms with Gasteiger partial charge in [0.2, 0.25) is 0 Å². The molecule has 2 aliphatic carbocycles. The van der Waals surface area contributed by atoms with Crippen molar-refractivity contribution in [3.8, 4) is 55.9 Å². The van der Waals surface area contributed by atoms with Gasteiger partial charge >= 0.3 is 0 Å². The highest BCUT2D eigenvalue weighted by Crippen LogP contribution is 2.54. The Morgan fingerprint density at radius 2 is 1.09 bits per heavy atom. The molecule has 2 aromatic heterocycles. The molecule has 3 nitrogen and oxygen atoms in total. The Balaban J connectivity index is 1.04. The molecule has 0 fully saturated rings. The maximum Gasteiger partial charge on any atom is 0.253 e. The van der Waals surface area contributed by atoms with Crippen LogP contribution < -0.4 is 21.3 Å². The summed E-state index contributed by atoms with van der Waals surface area (Å²) >= 11 is 0. The predicted molar refractivity (Wildman–Crippen MR) is 331 cm³/mol. The number of rotatable bonds is 4. The number of para-hydroxylation sites is 1. The van der Waals surface area contributed by atoms with Gasteiger partial charge in [0, 0.05) is 56.6 Å². The molecule has 364 valence electrons. The molecule has 0 radical (unpaired) electrons. The van der Waals surface area contributed by atoms with Gasteiger partial charge in [0.05, 0.1) is 22.2 Å². The topological polar surface area (TPSA) is 13.1 Å². The van der Waals surface area contributed by atoms with E-state index in [-0.39, 0.29) is 12.1 Å². The molecular formula is C74H50BN3. The van der Waals surface area contributed by atoms with E-state index in [9.17, 15) is 1.37 Å². The Bertz CT molecular complexity index is 5100. The number of fused-ring (bicyclic) bond motifs is 15. The molecule has 18 rings (SSSR count). The monoisotopic (exact) mass is 992 g/mol. The van der Waals surface area contributed by atoms with Crippen molar-refractivity contribution in [1.29, 1.82) is 0 Å². The van der Waals surface area contributed by atoms with Gasteiger partial charge in [-0.15, -0.1) is 0 Å². The fraction of sp³-hybridized carbons (Fsp3) is 0.0811. The van der Waals surface area contributed by atoms with Gasteiger partial charge in [-0.25, -0.2) is 0 Å². The predicted octanol–water partition coefficient (Wildman–Crippen LogP) is 17.5. The van der Waals surface area contributed by atoms with Crippen LogP contribution in [0.25, 0.3) is 121 Å². The van der Waals surface area contributed by atoms with Crippen LogP contribution in [-0.4, -0.2) is 15.8 Å². The van der Waals surface area contributed by atoms with Crippen LogP contribution in [0.5, 0.6) is 0 Å². The molecule has 0 amide bonds. The lowest BCUT2D eigenvalue weighted by Gasteiger charge is -2.41. The van der Waals surface area contributed by atoms with Crippen LogP contribution in [0.1, 0.15) is 51.7 Å². The van der Waals surface area contributed by atoms with E-state index < -0.39 is 5.89 Å². The van der Waals surface area contributed by atoms with Gasteiger partial charge in [0.25, 0.3) is 6.71 Å². The number of anilines is 3. The molecule has 0 saturated heterocycles. The minimum Gasteiger partial charge on any atom is -0.311 e. The molecule has 0 spiro atoms. The van der Waals surface area contributed by atoms with Crippen LogP contribution in [0.3, 0.4) is 0 Å². The first kappa shape index (κ1) is 41.8. The Morgan fingerprint density at radius 1 is 0.423 bits per heavy atom. The van der Waals surface area contributed by atoms with Crippen molar-refractivity contribution < 1.29 is 1.37 Å². The van der Waals surface area contributed by atoms with Crippen LogP contribution in [0.4, 0.5) is 17.1 Å². The third-order valence-corrected chi connectivity index (χ3v) is 18.6. The van der Waals surface area contributed by atoms with E-state index in [1.165, 1.54) is 143 Å². The SMILES string of the molecule is [2H]C(C)(C)c1ccc2c(c1)B1c3c(cc(-n4c5cccc6c5c5c7c(cccc7ccc54)-c4ccccc4-6)cc3-n3c4ccc(-c5cccc6ccccc56)cc4c4cc5c(c1c43)-c1ccccc1C5(C)C)N2c1ccccc1. The maximum atomic E-state index is 9.59. The molecule has 14 aromatic rings. The molecule has 4 heterocycles. The first-order valence-electron chi connectivity index (χ1n) is 28.1. The normalized spacial score (nSPS) is 14.4. The van der Waals surface area contributed by atoms with Crippen molar-refractivity contribution >= 4 is 105 Å². The van der Waals surface area contributed by atoms with E-state index in [0.29, 0.717) is 0 Å². The molecule has 4 heteroatoms. The van der Waals surface area contributed by atoms with E-state index in [1.807, 2.05) is 13.8 Å². The van der Waals surface area contributed by atoms with E-state index in [4.69, 9.17) is 0 Å². The Labute approximate surface area is 454 Å². The first-order valence-corrected chi connectivity index (χ1v) is 27.6. The van der Waals surface area contributed by atoms with Gasteiger partial charge in [0.15, 0.2) is 0 Å². The molecule has 0 unspecified atom stereocenters. The summed E-state index contributed by atoms with van der Waals surface area (Å²) in [5.41, 5.74) is 28.1. The molecular weight excluding hydrogens is 942 g/mol. The van der Waals surface area contributed by atoms with Crippen molar-refractivity contribution in [2.75, 3.05) is 4.90 Å². The highest BCUT2D eigenvalue weighted by molar-refractivity contribution is 7.01. The molecule has 0 bridgehead atoms. The van der Waals surface area contributed by atoms with Crippen LogP contribution >= 0.6 is 0 Å². The molecule has 12 aromatic carbocycles. The average Bonchev–Trinajstić information content (AvgIpc) is 2.38. The molecule has 78 heavy (non-hydrogen) atoms. The fourth-order valence-electron chi connectivity index (χ4n) is 15.3. The van der Waals surface area contributed by atoms with Gasteiger partial charge in [-0.05, 0) is 166 Å². The molecule has 2 aliphatic heterocycles. The van der Waals surface area contributed by atoms with Crippen LogP contribution in [0.2, 0.25) is 0 Å². The second-order valence-corrected chi connectivity index (χ2v) is 23.1. The minimum atomic E-state index is -0.827. The summed E-state index contributed by atoms with van der Waals surface area (Å²) in [6.45, 7) is 8.76. The average molecular weight is 993 g/mol. The Hall–Kier alpha value is -9.38. The van der Waals surface area contributed by atoms with Gasteiger partial charge < -0.3 is 14.0 Å². The van der Waals surface area contributed by atoms with Crippen molar-refractivity contribution in [1.82, 2.24) is 9.13 Å². The highest BCUT2D eigenvalue weighted by atomic mass is 15.2. The lowest BCUT2D eigenvalue weighted by molar-refractivity contribution is 0.661. The van der Waals surface area contributed by atoms with Gasteiger partial charge in [-0.2, -0.15) is 0 Å². The minimum absolute atomic E-state index is 0.163. The van der Waals surface area contributed by atoms with Crippen molar-refractivity contribution in [2.45, 2.75) is 39.0 Å². The van der Waals surface area contributed by atoms with Crippen LogP contribution in [0.15, 0.2) is 224 Å².